The summed E-state index contributed by atoms with van der Waals surface area (Å²) < 4.78 is 5.72. The maximum Gasteiger partial charge on any atom is 0.229 e. The molecule has 4 rings (SSSR count). The second kappa shape index (κ2) is 7.39. The van der Waals surface area contributed by atoms with Crippen molar-refractivity contribution in [3.63, 3.8) is 0 Å². The Hall–Kier alpha value is -1.89. The predicted octanol–water partition coefficient (Wildman–Crippen LogP) is 1.32. The third-order valence-corrected chi connectivity index (χ3v) is 5.82. The lowest BCUT2D eigenvalue weighted by atomic mass is 10.1. The van der Waals surface area contributed by atoms with Gasteiger partial charge in [0.15, 0.2) is 0 Å². The second-order valence-corrected chi connectivity index (χ2v) is 7.66. The van der Waals surface area contributed by atoms with E-state index < -0.39 is 0 Å². The third kappa shape index (κ3) is 3.37. The lowest BCUT2D eigenvalue weighted by Gasteiger charge is -2.32. The van der Waals surface area contributed by atoms with E-state index in [4.69, 9.17) is 14.7 Å². The van der Waals surface area contributed by atoms with E-state index in [1.165, 1.54) is 19.3 Å². The van der Waals surface area contributed by atoms with Crippen LogP contribution >= 0.6 is 0 Å². The van der Waals surface area contributed by atoms with Crippen LogP contribution in [0, 0.1) is 5.92 Å². The number of rotatable bonds is 3. The zero-order chi connectivity index (χ0) is 18.1. The molecule has 7 nitrogen and oxygen atoms in total. The van der Waals surface area contributed by atoms with Gasteiger partial charge in [-0.1, -0.05) is 6.92 Å². The molecule has 3 aliphatic heterocycles. The van der Waals surface area contributed by atoms with Crippen molar-refractivity contribution in [1.29, 1.82) is 0 Å². The van der Waals surface area contributed by atoms with Crippen molar-refractivity contribution in [1.82, 2.24) is 14.9 Å². The van der Waals surface area contributed by atoms with Crippen LogP contribution in [0.1, 0.15) is 31.9 Å². The quantitative estimate of drug-likeness (QED) is 0.811. The first-order chi connectivity index (χ1) is 12.7. The summed E-state index contributed by atoms with van der Waals surface area (Å²) in [5.41, 5.74) is 1.07. The Morgan fingerprint density at radius 2 is 1.92 bits per heavy atom. The molecule has 1 amide bonds. The summed E-state index contributed by atoms with van der Waals surface area (Å²) in [6.07, 6.45) is 4.60. The number of carbonyl (C=O) groups is 1. The number of hydrogen-bond acceptors (Lipinski definition) is 6. The van der Waals surface area contributed by atoms with Gasteiger partial charge in [-0.2, -0.15) is 4.98 Å². The third-order valence-electron chi connectivity index (χ3n) is 5.82. The minimum atomic E-state index is -0.119. The molecule has 0 radical (unpaired) electrons. The topological polar surface area (TPSA) is 61.8 Å². The lowest BCUT2D eigenvalue weighted by molar-refractivity contribution is -0.133. The van der Waals surface area contributed by atoms with Crippen LogP contribution in [0.15, 0.2) is 6.07 Å². The van der Waals surface area contributed by atoms with Gasteiger partial charge in [0.2, 0.25) is 11.9 Å². The first-order valence-electron chi connectivity index (χ1n) is 9.88. The number of aryl methyl sites for hydroxylation is 1. The number of fused-ring (bicyclic) bond motifs is 3. The van der Waals surface area contributed by atoms with Gasteiger partial charge >= 0.3 is 0 Å². The van der Waals surface area contributed by atoms with Crippen molar-refractivity contribution in [3.8, 4) is 0 Å². The standard InChI is InChI=1S/C19H29N5O2/c1-3-15-9-17(21-19(20-15)23-7-5-4-6-8-23)24-10-14-12-26-13-16(11-24)22(2)18(14)25/h9,14,16H,3-8,10-13H2,1-2H3/t14-,16+/m1/s1. The van der Waals surface area contributed by atoms with Crippen molar-refractivity contribution in [3.05, 3.63) is 11.8 Å². The molecular formula is C19H29N5O2. The molecule has 0 saturated carbocycles. The summed E-state index contributed by atoms with van der Waals surface area (Å²) in [6, 6.07) is 2.17. The Labute approximate surface area is 155 Å². The molecule has 0 N–H and O–H groups in total. The first-order valence-corrected chi connectivity index (χ1v) is 9.88. The Kier molecular flexibility index (Phi) is 4.98. The summed E-state index contributed by atoms with van der Waals surface area (Å²) in [5.74, 6) is 1.88. The molecule has 3 aliphatic rings. The first kappa shape index (κ1) is 17.5. The van der Waals surface area contributed by atoms with Crippen molar-refractivity contribution in [2.75, 3.05) is 56.2 Å². The van der Waals surface area contributed by atoms with E-state index in [0.29, 0.717) is 19.8 Å². The van der Waals surface area contributed by atoms with E-state index >= 15 is 0 Å². The predicted molar refractivity (Wildman–Crippen MR) is 101 cm³/mol. The van der Waals surface area contributed by atoms with E-state index in [1.807, 2.05) is 11.9 Å². The molecule has 2 bridgehead atoms. The summed E-state index contributed by atoms with van der Waals surface area (Å²) >= 11 is 0. The summed E-state index contributed by atoms with van der Waals surface area (Å²) in [6.45, 7) is 6.73. The fourth-order valence-corrected chi connectivity index (χ4v) is 4.13. The number of ether oxygens (including phenoxy) is 1. The van der Waals surface area contributed by atoms with Gasteiger partial charge in [-0.15, -0.1) is 0 Å². The van der Waals surface area contributed by atoms with Gasteiger partial charge in [-0.25, -0.2) is 4.98 Å². The van der Waals surface area contributed by atoms with Gasteiger partial charge in [0.25, 0.3) is 0 Å². The summed E-state index contributed by atoms with van der Waals surface area (Å²) in [4.78, 5) is 28.8. The van der Waals surface area contributed by atoms with Crippen LogP contribution < -0.4 is 9.80 Å². The van der Waals surface area contributed by atoms with Crippen LogP contribution in [0.5, 0.6) is 0 Å². The van der Waals surface area contributed by atoms with Gasteiger partial charge < -0.3 is 19.4 Å². The lowest BCUT2D eigenvalue weighted by Crippen LogP contribution is -2.43. The number of piperidine rings is 1. The van der Waals surface area contributed by atoms with E-state index in [0.717, 1.165) is 43.5 Å². The average Bonchev–Trinajstić information content (AvgIpc) is 2.87. The highest BCUT2D eigenvalue weighted by molar-refractivity contribution is 5.80. The molecule has 1 aromatic heterocycles. The summed E-state index contributed by atoms with van der Waals surface area (Å²) in [5, 5.41) is 0. The number of aromatic nitrogens is 2. The Bertz CT molecular complexity index is 661. The van der Waals surface area contributed by atoms with Gasteiger partial charge in [-0.05, 0) is 25.7 Å². The molecule has 4 heterocycles. The van der Waals surface area contributed by atoms with E-state index in [-0.39, 0.29) is 17.9 Å². The Balaban J connectivity index is 1.65. The molecule has 0 aromatic carbocycles. The Morgan fingerprint density at radius 3 is 2.69 bits per heavy atom. The number of hydrogen-bond donors (Lipinski definition) is 0. The molecule has 7 heteroatoms. The highest BCUT2D eigenvalue weighted by Crippen LogP contribution is 2.26. The minimum absolute atomic E-state index is 0.0773. The van der Waals surface area contributed by atoms with Gasteiger partial charge in [-0.3, -0.25) is 4.79 Å². The summed E-state index contributed by atoms with van der Waals surface area (Å²) in [7, 11) is 1.90. The van der Waals surface area contributed by atoms with Crippen LogP contribution in [0.2, 0.25) is 0 Å². The number of carbonyl (C=O) groups excluding carboxylic acids is 1. The Morgan fingerprint density at radius 1 is 1.12 bits per heavy atom. The van der Waals surface area contributed by atoms with Gasteiger partial charge in [0, 0.05) is 45.0 Å². The van der Waals surface area contributed by atoms with Gasteiger partial charge in [0.1, 0.15) is 5.82 Å². The smallest absolute Gasteiger partial charge is 0.229 e. The molecule has 3 saturated heterocycles. The number of nitrogens with zero attached hydrogens (tertiary/aromatic N) is 5. The minimum Gasteiger partial charge on any atom is -0.378 e. The van der Waals surface area contributed by atoms with Crippen molar-refractivity contribution in [2.24, 2.45) is 5.92 Å². The number of anilines is 2. The van der Waals surface area contributed by atoms with Crippen molar-refractivity contribution >= 4 is 17.7 Å². The van der Waals surface area contributed by atoms with Crippen LogP contribution in [-0.2, 0) is 16.0 Å². The second-order valence-electron chi connectivity index (χ2n) is 7.66. The highest BCUT2D eigenvalue weighted by Gasteiger charge is 2.37. The molecule has 26 heavy (non-hydrogen) atoms. The maximum atomic E-state index is 12.6. The van der Waals surface area contributed by atoms with Crippen LogP contribution in [0.3, 0.4) is 0 Å². The zero-order valence-electron chi connectivity index (χ0n) is 15.9. The maximum absolute atomic E-state index is 12.6. The van der Waals surface area contributed by atoms with E-state index in [9.17, 15) is 4.79 Å². The number of likely N-dealkylation sites (N-methyl/N-ethyl adjacent to an activating group) is 1. The molecule has 0 unspecified atom stereocenters. The molecule has 3 fully saturated rings. The zero-order valence-corrected chi connectivity index (χ0v) is 15.9. The molecule has 1 aromatic rings. The molecule has 0 aliphatic carbocycles. The largest absolute Gasteiger partial charge is 0.378 e. The van der Waals surface area contributed by atoms with Crippen LogP contribution in [0.4, 0.5) is 11.8 Å². The van der Waals surface area contributed by atoms with Crippen LogP contribution in [0.25, 0.3) is 0 Å². The SMILES string of the molecule is CCc1cc(N2C[C@@H]3COC[C@H](C2)N(C)C3=O)nc(N2CCCCC2)n1. The fourth-order valence-electron chi connectivity index (χ4n) is 4.13. The molecule has 2 atom stereocenters. The fraction of sp³-hybridized carbons (Fsp3) is 0.737. The highest BCUT2D eigenvalue weighted by atomic mass is 16.5. The van der Waals surface area contributed by atoms with Crippen molar-refractivity contribution < 1.29 is 9.53 Å². The molecular weight excluding hydrogens is 330 g/mol. The average molecular weight is 359 g/mol. The van der Waals surface area contributed by atoms with E-state index in [1.54, 1.807) is 0 Å². The van der Waals surface area contributed by atoms with Crippen molar-refractivity contribution in [2.45, 2.75) is 38.6 Å². The monoisotopic (exact) mass is 359 g/mol. The number of amides is 1. The van der Waals surface area contributed by atoms with E-state index in [2.05, 4.69) is 22.8 Å². The molecule has 142 valence electrons. The van der Waals surface area contributed by atoms with Gasteiger partial charge in [0.05, 0.1) is 25.2 Å². The normalized spacial score (nSPS) is 26.8. The molecule has 0 spiro atoms. The van der Waals surface area contributed by atoms with Crippen LogP contribution in [-0.4, -0.2) is 73.3 Å².